The molecule has 0 saturated carbocycles. The minimum absolute atomic E-state index is 0.0752. The predicted molar refractivity (Wildman–Crippen MR) is 204 cm³/mol. The number of nitrogens with one attached hydrogen (secondary N) is 1. The fraction of sp³-hybridized carbons (Fsp3) is 0.590. The van der Waals surface area contributed by atoms with E-state index in [1.165, 1.54) is 0 Å². The second-order valence-corrected chi connectivity index (χ2v) is 15.9. The summed E-state index contributed by atoms with van der Waals surface area (Å²) in [4.78, 5) is 49.1. The Labute approximate surface area is 302 Å². The van der Waals surface area contributed by atoms with Gasteiger partial charge in [0.15, 0.2) is 6.10 Å². The van der Waals surface area contributed by atoms with E-state index >= 15 is 0 Å². The van der Waals surface area contributed by atoms with E-state index in [2.05, 4.69) is 73.8 Å². The van der Waals surface area contributed by atoms with E-state index in [4.69, 9.17) is 14.6 Å². The van der Waals surface area contributed by atoms with E-state index in [-0.39, 0.29) is 37.2 Å². The standard InChI is InChI=1S/C39H59NO7S2/c1-5-6-7-8-9-10-11-12-13-14-15-16-17-18-19-20-21-22-25-34(43)46-32-38(2,3)36(37(45)40-30-27-33(41)42)47-35(44)26-23-24-28-39(4)29-31-48-49-39/h6-7,9-10,12-13,15-16,18-19,21-22,36H,5,8,11,14,17,20,23-32H2,1-4H3,(H,40,45)(H,41,42). The van der Waals surface area contributed by atoms with Crippen LogP contribution in [0.4, 0.5) is 0 Å². The molecule has 0 spiro atoms. The van der Waals surface area contributed by atoms with Crippen molar-refractivity contribution in [2.24, 2.45) is 5.41 Å². The van der Waals surface area contributed by atoms with Crippen molar-refractivity contribution in [1.82, 2.24) is 5.32 Å². The van der Waals surface area contributed by atoms with Crippen LogP contribution >= 0.6 is 21.6 Å². The fourth-order valence-electron chi connectivity index (χ4n) is 4.66. The van der Waals surface area contributed by atoms with E-state index in [0.717, 1.165) is 57.1 Å². The van der Waals surface area contributed by atoms with Crippen molar-refractivity contribution in [3.8, 4) is 0 Å². The number of rotatable bonds is 26. The lowest BCUT2D eigenvalue weighted by atomic mass is 9.86. The SMILES string of the molecule is CCC=CCC=CCC=CCC=CCC=CCC=CCC(=O)OCC(C)(C)C(OC(=O)CCCCC1(C)CCSS1)C(=O)NCCC(=O)O. The van der Waals surface area contributed by atoms with Crippen molar-refractivity contribution >= 4 is 45.4 Å². The molecule has 0 aromatic heterocycles. The van der Waals surface area contributed by atoms with Gasteiger partial charge in [-0.1, -0.05) is 122 Å². The van der Waals surface area contributed by atoms with Crippen molar-refractivity contribution in [2.45, 2.75) is 122 Å². The maximum absolute atomic E-state index is 13.0. The minimum Gasteiger partial charge on any atom is -0.481 e. The molecule has 0 bridgehead atoms. The van der Waals surface area contributed by atoms with Crippen LogP contribution in [-0.4, -0.2) is 58.7 Å². The van der Waals surface area contributed by atoms with Crippen molar-refractivity contribution in [3.05, 3.63) is 72.9 Å². The lowest BCUT2D eigenvalue weighted by Crippen LogP contribution is -2.49. The van der Waals surface area contributed by atoms with Gasteiger partial charge in [-0.2, -0.15) is 0 Å². The maximum Gasteiger partial charge on any atom is 0.309 e. The number of ether oxygens (including phenoxy) is 2. The molecule has 0 aromatic rings. The molecule has 1 rings (SSSR count). The van der Waals surface area contributed by atoms with Gasteiger partial charge >= 0.3 is 17.9 Å². The summed E-state index contributed by atoms with van der Waals surface area (Å²) in [6, 6.07) is 0. The van der Waals surface area contributed by atoms with Crippen LogP contribution in [0, 0.1) is 5.41 Å². The summed E-state index contributed by atoms with van der Waals surface area (Å²) in [6.07, 6.45) is 33.0. The number of aliphatic carboxylic acids is 1. The van der Waals surface area contributed by atoms with Crippen LogP contribution in [0.5, 0.6) is 0 Å². The van der Waals surface area contributed by atoms with E-state index in [9.17, 15) is 19.2 Å². The predicted octanol–water partition coefficient (Wildman–Crippen LogP) is 9.25. The number of allylic oxidation sites excluding steroid dienone is 11. The Bertz CT molecular complexity index is 1160. The van der Waals surface area contributed by atoms with Crippen LogP contribution in [0.15, 0.2) is 72.9 Å². The molecule has 49 heavy (non-hydrogen) atoms. The zero-order valence-electron chi connectivity index (χ0n) is 30.0. The molecule has 1 fully saturated rings. The molecule has 2 N–H and O–H groups in total. The normalized spacial score (nSPS) is 17.7. The van der Waals surface area contributed by atoms with Crippen LogP contribution in [-0.2, 0) is 28.7 Å². The van der Waals surface area contributed by atoms with Crippen LogP contribution in [0.2, 0.25) is 0 Å². The molecule has 1 saturated heterocycles. The molecule has 1 amide bonds. The van der Waals surface area contributed by atoms with Crippen LogP contribution in [0.25, 0.3) is 0 Å². The number of carboxylic acid groups (broad SMARTS) is 1. The van der Waals surface area contributed by atoms with E-state index in [0.29, 0.717) is 12.8 Å². The van der Waals surface area contributed by atoms with Gasteiger partial charge in [0, 0.05) is 28.9 Å². The molecule has 2 atom stereocenters. The third-order valence-electron chi connectivity index (χ3n) is 7.63. The second-order valence-electron chi connectivity index (χ2n) is 12.9. The number of hydrogen-bond acceptors (Lipinski definition) is 8. The van der Waals surface area contributed by atoms with Gasteiger partial charge in [-0.15, -0.1) is 0 Å². The Morgan fingerprint density at radius 1 is 0.816 bits per heavy atom. The monoisotopic (exact) mass is 717 g/mol. The van der Waals surface area contributed by atoms with Gasteiger partial charge in [-0.3, -0.25) is 19.2 Å². The van der Waals surface area contributed by atoms with Gasteiger partial charge in [0.05, 0.1) is 12.8 Å². The molecular formula is C39H59NO7S2. The Morgan fingerprint density at radius 2 is 1.37 bits per heavy atom. The molecule has 8 nitrogen and oxygen atoms in total. The highest BCUT2D eigenvalue weighted by atomic mass is 33.1. The summed E-state index contributed by atoms with van der Waals surface area (Å²) in [5.74, 6) is -1.48. The average Bonchev–Trinajstić information content (AvgIpc) is 3.50. The fourth-order valence-corrected chi connectivity index (χ4v) is 7.96. The van der Waals surface area contributed by atoms with Crippen LogP contribution < -0.4 is 5.32 Å². The van der Waals surface area contributed by atoms with Crippen molar-refractivity contribution in [2.75, 3.05) is 18.9 Å². The maximum atomic E-state index is 13.0. The van der Waals surface area contributed by atoms with Gasteiger partial charge in [0.25, 0.3) is 5.91 Å². The number of unbranched alkanes of at least 4 members (excludes halogenated alkanes) is 1. The molecule has 1 aliphatic heterocycles. The van der Waals surface area contributed by atoms with E-state index < -0.39 is 35.3 Å². The highest BCUT2D eigenvalue weighted by molar-refractivity contribution is 8.77. The lowest BCUT2D eigenvalue weighted by molar-refractivity contribution is -0.168. The van der Waals surface area contributed by atoms with Gasteiger partial charge in [0.2, 0.25) is 0 Å². The highest BCUT2D eigenvalue weighted by Crippen LogP contribution is 2.49. The highest BCUT2D eigenvalue weighted by Gasteiger charge is 2.40. The number of hydrogen-bond donors (Lipinski definition) is 2. The van der Waals surface area contributed by atoms with Gasteiger partial charge in [0.1, 0.15) is 6.61 Å². The lowest BCUT2D eigenvalue weighted by Gasteiger charge is -2.32. The summed E-state index contributed by atoms with van der Waals surface area (Å²) in [5.41, 5.74) is -1.04. The molecule has 0 radical (unpaired) electrons. The number of esters is 2. The number of amides is 1. The first-order chi connectivity index (χ1) is 23.5. The second kappa shape index (κ2) is 26.8. The Balaban J connectivity index is 2.43. The zero-order valence-corrected chi connectivity index (χ0v) is 31.7. The molecule has 10 heteroatoms. The summed E-state index contributed by atoms with van der Waals surface area (Å²) >= 11 is 0. The topological polar surface area (TPSA) is 119 Å². The van der Waals surface area contributed by atoms with Crippen molar-refractivity contribution in [3.63, 3.8) is 0 Å². The molecule has 2 unspecified atom stereocenters. The van der Waals surface area contributed by atoms with Crippen molar-refractivity contribution < 1.29 is 33.8 Å². The van der Waals surface area contributed by atoms with Gasteiger partial charge in [-0.25, -0.2) is 0 Å². The van der Waals surface area contributed by atoms with Crippen LogP contribution in [0.3, 0.4) is 0 Å². The Morgan fingerprint density at radius 3 is 1.88 bits per heavy atom. The number of carbonyl (C=O) groups excluding carboxylic acids is 3. The number of carboxylic acids is 1. The Hall–Kier alpha value is -2.98. The summed E-state index contributed by atoms with van der Waals surface area (Å²) in [6.45, 7) is 7.50. The molecule has 1 aliphatic rings. The first kappa shape index (κ1) is 44.0. The Kier molecular flexibility index (Phi) is 24.1. The van der Waals surface area contributed by atoms with Gasteiger partial charge in [-0.05, 0) is 64.7 Å². The minimum atomic E-state index is -1.24. The average molecular weight is 718 g/mol. The van der Waals surface area contributed by atoms with Crippen LogP contribution in [0.1, 0.15) is 111 Å². The largest absolute Gasteiger partial charge is 0.481 e. The molecule has 0 aliphatic carbocycles. The molecule has 274 valence electrons. The van der Waals surface area contributed by atoms with Gasteiger partial charge < -0.3 is 19.9 Å². The van der Waals surface area contributed by atoms with Crippen molar-refractivity contribution in [1.29, 1.82) is 0 Å². The first-order valence-corrected chi connectivity index (χ1v) is 19.9. The summed E-state index contributed by atoms with van der Waals surface area (Å²) in [5, 5.41) is 11.5. The summed E-state index contributed by atoms with van der Waals surface area (Å²) < 4.78 is 11.3. The zero-order chi connectivity index (χ0) is 36.2. The summed E-state index contributed by atoms with van der Waals surface area (Å²) in [7, 11) is 3.79. The quantitative estimate of drug-likeness (QED) is 0.0391. The number of carbonyl (C=O) groups is 4. The molecule has 0 aromatic carbocycles. The third-order valence-corrected chi connectivity index (χ3v) is 11.0. The third kappa shape index (κ3) is 23.1. The van der Waals surface area contributed by atoms with E-state index in [1.807, 2.05) is 33.7 Å². The molecular weight excluding hydrogens is 659 g/mol. The smallest absolute Gasteiger partial charge is 0.309 e. The molecule has 1 heterocycles. The van der Waals surface area contributed by atoms with E-state index in [1.54, 1.807) is 19.9 Å². The first-order valence-electron chi connectivity index (χ1n) is 17.5.